The number of nitrogens with zero attached hydrogens (tertiary/aromatic N) is 1. The van der Waals surface area contributed by atoms with Gasteiger partial charge in [-0.15, -0.1) is 0 Å². The van der Waals surface area contributed by atoms with Gasteiger partial charge in [-0.2, -0.15) is 0 Å². The fourth-order valence-corrected chi connectivity index (χ4v) is 5.81. The SMILES string of the molecule is COc1ccc(CC2N(CC=C(C)C)CCC3CC4(CCC32O)NC(=O)NC4=O)c(C)c1. The Morgan fingerprint density at radius 1 is 1.31 bits per heavy atom. The van der Waals surface area contributed by atoms with Gasteiger partial charge in [0.25, 0.3) is 5.91 Å². The van der Waals surface area contributed by atoms with Crippen LogP contribution in [0.4, 0.5) is 4.79 Å². The van der Waals surface area contributed by atoms with Gasteiger partial charge in [0.2, 0.25) is 0 Å². The van der Waals surface area contributed by atoms with Crippen molar-refractivity contribution >= 4 is 11.9 Å². The van der Waals surface area contributed by atoms with E-state index >= 15 is 0 Å². The van der Waals surface area contributed by atoms with Crippen molar-refractivity contribution in [3.63, 3.8) is 0 Å². The fourth-order valence-electron chi connectivity index (χ4n) is 5.81. The summed E-state index contributed by atoms with van der Waals surface area (Å²) in [5, 5.41) is 17.4. The number of hydrogen-bond acceptors (Lipinski definition) is 5. The molecule has 3 amide bonds. The molecular formula is C25H35N3O4. The van der Waals surface area contributed by atoms with E-state index in [1.54, 1.807) is 7.11 Å². The summed E-state index contributed by atoms with van der Waals surface area (Å²) in [4.78, 5) is 26.8. The van der Waals surface area contributed by atoms with E-state index in [1.807, 2.05) is 12.1 Å². The zero-order valence-corrected chi connectivity index (χ0v) is 19.5. The van der Waals surface area contributed by atoms with Gasteiger partial charge in [0.1, 0.15) is 11.3 Å². The average molecular weight is 442 g/mol. The second-order valence-electron chi connectivity index (χ2n) is 9.96. The van der Waals surface area contributed by atoms with Crippen LogP contribution in [0.1, 0.15) is 50.7 Å². The van der Waals surface area contributed by atoms with Crippen molar-refractivity contribution in [2.75, 3.05) is 20.2 Å². The first kappa shape index (κ1) is 22.8. The van der Waals surface area contributed by atoms with Crippen molar-refractivity contribution in [3.05, 3.63) is 41.0 Å². The number of benzene rings is 1. The van der Waals surface area contributed by atoms with Crippen LogP contribution < -0.4 is 15.4 Å². The molecular weight excluding hydrogens is 406 g/mol. The van der Waals surface area contributed by atoms with E-state index in [2.05, 4.69) is 48.4 Å². The van der Waals surface area contributed by atoms with Crippen molar-refractivity contribution in [3.8, 4) is 5.75 Å². The lowest BCUT2D eigenvalue weighted by Crippen LogP contribution is -2.67. The molecule has 174 valence electrons. The van der Waals surface area contributed by atoms with E-state index in [-0.39, 0.29) is 17.9 Å². The van der Waals surface area contributed by atoms with E-state index in [9.17, 15) is 14.7 Å². The minimum atomic E-state index is -0.918. The molecule has 1 saturated carbocycles. The number of imide groups is 1. The molecule has 1 spiro atoms. The van der Waals surface area contributed by atoms with Gasteiger partial charge >= 0.3 is 6.03 Å². The van der Waals surface area contributed by atoms with Crippen LogP contribution in [0, 0.1) is 12.8 Å². The van der Waals surface area contributed by atoms with Gasteiger partial charge in [-0.25, -0.2) is 4.79 Å². The van der Waals surface area contributed by atoms with Crippen molar-refractivity contribution in [2.24, 2.45) is 5.92 Å². The molecule has 4 unspecified atom stereocenters. The second-order valence-corrected chi connectivity index (χ2v) is 9.96. The summed E-state index contributed by atoms with van der Waals surface area (Å²) in [6, 6.07) is 5.61. The summed E-state index contributed by atoms with van der Waals surface area (Å²) in [5.41, 5.74) is 1.80. The van der Waals surface area contributed by atoms with Crippen LogP contribution >= 0.6 is 0 Å². The average Bonchev–Trinajstić information content (AvgIpc) is 3.02. The van der Waals surface area contributed by atoms with Gasteiger partial charge < -0.3 is 15.2 Å². The number of rotatable bonds is 5. The number of fused-ring (bicyclic) bond motifs is 1. The zero-order chi connectivity index (χ0) is 23.1. The highest BCUT2D eigenvalue weighted by molar-refractivity contribution is 6.07. The Balaban J connectivity index is 1.64. The quantitative estimate of drug-likeness (QED) is 0.483. The van der Waals surface area contributed by atoms with E-state index in [0.717, 1.165) is 37.2 Å². The molecule has 7 nitrogen and oxygen atoms in total. The van der Waals surface area contributed by atoms with Crippen LogP contribution in [0.5, 0.6) is 5.75 Å². The number of hydrogen-bond donors (Lipinski definition) is 3. The molecule has 1 aromatic carbocycles. The number of amides is 3. The first-order valence-electron chi connectivity index (χ1n) is 11.5. The van der Waals surface area contributed by atoms with E-state index in [0.29, 0.717) is 19.3 Å². The second kappa shape index (κ2) is 8.52. The zero-order valence-electron chi connectivity index (χ0n) is 19.5. The fraction of sp³-hybridized carbons (Fsp3) is 0.600. The maximum Gasteiger partial charge on any atom is 0.322 e. The van der Waals surface area contributed by atoms with Crippen LogP contribution in [0.2, 0.25) is 0 Å². The molecule has 32 heavy (non-hydrogen) atoms. The van der Waals surface area contributed by atoms with Crippen LogP contribution in [0.25, 0.3) is 0 Å². The van der Waals surface area contributed by atoms with E-state index in [1.165, 1.54) is 11.1 Å². The number of allylic oxidation sites excluding steroid dienone is 1. The molecule has 3 aliphatic rings. The topological polar surface area (TPSA) is 90.9 Å². The normalized spacial score (nSPS) is 32.3. The van der Waals surface area contributed by atoms with Crippen LogP contribution in [-0.4, -0.2) is 59.3 Å². The molecule has 2 saturated heterocycles. The Morgan fingerprint density at radius 2 is 2.09 bits per heavy atom. The lowest BCUT2D eigenvalue weighted by atomic mass is 9.60. The first-order chi connectivity index (χ1) is 15.2. The predicted octanol–water partition coefficient (Wildman–Crippen LogP) is 2.70. The number of carbonyl (C=O) groups is 2. The predicted molar refractivity (Wildman–Crippen MR) is 123 cm³/mol. The molecule has 2 heterocycles. The highest BCUT2D eigenvalue weighted by Gasteiger charge is 2.59. The van der Waals surface area contributed by atoms with Gasteiger partial charge in [0, 0.05) is 12.6 Å². The molecule has 2 aliphatic heterocycles. The summed E-state index contributed by atoms with van der Waals surface area (Å²) >= 11 is 0. The molecule has 3 N–H and O–H groups in total. The Bertz CT molecular complexity index is 941. The van der Waals surface area contributed by atoms with Crippen LogP contribution in [0.15, 0.2) is 29.8 Å². The minimum absolute atomic E-state index is 0.0492. The van der Waals surface area contributed by atoms with Crippen LogP contribution in [0.3, 0.4) is 0 Å². The van der Waals surface area contributed by atoms with Gasteiger partial charge in [-0.05, 0) is 88.6 Å². The summed E-state index contributed by atoms with van der Waals surface area (Å²) in [6.07, 6.45) is 5.16. The maximum atomic E-state index is 12.6. The van der Waals surface area contributed by atoms with Crippen molar-refractivity contribution in [1.29, 1.82) is 0 Å². The number of piperidine rings is 1. The number of nitrogens with one attached hydrogen (secondary N) is 2. The monoisotopic (exact) mass is 441 g/mol. The largest absolute Gasteiger partial charge is 0.497 e. The summed E-state index contributed by atoms with van der Waals surface area (Å²) in [7, 11) is 1.67. The Hall–Kier alpha value is -2.38. The van der Waals surface area contributed by atoms with Crippen LogP contribution in [-0.2, 0) is 11.2 Å². The molecule has 1 aromatic rings. The third-order valence-electron chi connectivity index (χ3n) is 7.75. The number of urea groups is 1. The lowest BCUT2D eigenvalue weighted by Gasteiger charge is -2.56. The smallest absolute Gasteiger partial charge is 0.322 e. The number of methoxy groups -OCH3 is 1. The molecule has 4 atom stereocenters. The summed E-state index contributed by atoms with van der Waals surface area (Å²) < 4.78 is 5.36. The Morgan fingerprint density at radius 3 is 2.72 bits per heavy atom. The molecule has 0 bridgehead atoms. The van der Waals surface area contributed by atoms with Gasteiger partial charge in [-0.3, -0.25) is 15.0 Å². The third-order valence-corrected chi connectivity index (χ3v) is 7.75. The molecule has 7 heteroatoms. The number of carbonyl (C=O) groups excluding carboxylic acids is 2. The number of likely N-dealkylation sites (tertiary alicyclic amines) is 1. The maximum absolute atomic E-state index is 12.6. The lowest BCUT2D eigenvalue weighted by molar-refractivity contribution is -0.157. The van der Waals surface area contributed by atoms with Gasteiger partial charge in [0.05, 0.1) is 12.7 Å². The molecule has 0 aromatic heterocycles. The van der Waals surface area contributed by atoms with Gasteiger partial charge in [-0.1, -0.05) is 17.7 Å². The van der Waals surface area contributed by atoms with E-state index in [4.69, 9.17) is 4.74 Å². The summed E-state index contributed by atoms with van der Waals surface area (Å²) in [6.45, 7) is 7.91. The third kappa shape index (κ3) is 4.04. The Labute approximate surface area is 190 Å². The van der Waals surface area contributed by atoms with E-state index < -0.39 is 17.2 Å². The first-order valence-corrected chi connectivity index (χ1v) is 11.5. The van der Waals surface area contributed by atoms with Crippen molar-refractivity contribution < 1.29 is 19.4 Å². The summed E-state index contributed by atoms with van der Waals surface area (Å²) in [5.74, 6) is 0.529. The molecule has 0 radical (unpaired) electrons. The van der Waals surface area contributed by atoms with Crippen molar-refractivity contribution in [1.82, 2.24) is 15.5 Å². The highest BCUT2D eigenvalue weighted by Crippen LogP contribution is 2.48. The molecule has 4 rings (SSSR count). The van der Waals surface area contributed by atoms with Crippen molar-refractivity contribution in [2.45, 2.75) is 70.1 Å². The minimum Gasteiger partial charge on any atom is -0.497 e. The standard InChI is InChI=1S/C25H35N3O4/c1-16(2)7-11-28-12-8-19-15-24(22(29)26-23(30)27-24)9-10-25(19,31)21(28)14-18-5-6-20(32-4)13-17(18)3/h5-7,13,19,21,31H,8-12,14-15H2,1-4H3,(H2,26,27,29,30). The Kier molecular flexibility index (Phi) is 6.07. The molecule has 1 aliphatic carbocycles. The number of aliphatic hydroxyl groups is 1. The van der Waals surface area contributed by atoms with Gasteiger partial charge in [0.15, 0.2) is 0 Å². The molecule has 3 fully saturated rings. The number of aryl methyl sites for hydroxylation is 1. The number of ether oxygens (including phenoxy) is 1. The highest BCUT2D eigenvalue weighted by atomic mass is 16.5.